The van der Waals surface area contributed by atoms with Gasteiger partial charge in [0.1, 0.15) is 0 Å². The zero-order chi connectivity index (χ0) is 8.48. The predicted molar refractivity (Wildman–Crippen MR) is 48.4 cm³/mol. The molecule has 1 unspecified atom stereocenters. The maximum atomic E-state index is 5.48. The first-order chi connectivity index (χ1) is 5.06. The molecule has 0 heterocycles. The van der Waals surface area contributed by atoms with E-state index >= 15 is 0 Å². The van der Waals surface area contributed by atoms with E-state index in [2.05, 4.69) is 26.1 Å². The fourth-order valence-corrected chi connectivity index (χ4v) is 1.35. The molecule has 11 heavy (non-hydrogen) atoms. The quantitative estimate of drug-likeness (QED) is 0.636. The molecule has 1 aliphatic rings. The summed E-state index contributed by atoms with van der Waals surface area (Å²) in [6.07, 6.45) is 1.37. The number of rotatable bonds is 4. The lowest BCUT2D eigenvalue weighted by molar-refractivity contribution is 0.480. The second-order valence-corrected chi connectivity index (χ2v) is 4.43. The Morgan fingerprint density at radius 2 is 2.18 bits per heavy atom. The highest BCUT2D eigenvalue weighted by Crippen LogP contribution is 2.50. The van der Waals surface area contributed by atoms with Crippen molar-refractivity contribution < 1.29 is 0 Å². The van der Waals surface area contributed by atoms with Gasteiger partial charge in [-0.15, -0.1) is 0 Å². The van der Waals surface area contributed by atoms with Gasteiger partial charge in [0.15, 0.2) is 0 Å². The fourth-order valence-electron chi connectivity index (χ4n) is 1.35. The predicted octanol–water partition coefficient (Wildman–Crippen LogP) is 0.969. The molecule has 2 heteroatoms. The van der Waals surface area contributed by atoms with Gasteiger partial charge in [-0.2, -0.15) is 0 Å². The SMILES string of the molecule is C[C@@H](CN)NCC1CC1(C)C. The monoisotopic (exact) mass is 156 g/mol. The molecule has 0 spiro atoms. The third-order valence-electron chi connectivity index (χ3n) is 2.78. The average Bonchev–Trinajstić information content (AvgIpc) is 2.54. The van der Waals surface area contributed by atoms with Gasteiger partial charge in [0.05, 0.1) is 0 Å². The summed E-state index contributed by atoms with van der Waals surface area (Å²) in [5.41, 5.74) is 6.08. The van der Waals surface area contributed by atoms with Gasteiger partial charge in [-0.1, -0.05) is 13.8 Å². The van der Waals surface area contributed by atoms with E-state index in [1.165, 1.54) is 6.42 Å². The molecule has 0 amide bonds. The molecule has 3 N–H and O–H groups in total. The highest BCUT2D eigenvalue weighted by molar-refractivity contribution is 4.96. The van der Waals surface area contributed by atoms with Crippen LogP contribution in [0.5, 0.6) is 0 Å². The van der Waals surface area contributed by atoms with Gasteiger partial charge in [-0.05, 0) is 31.2 Å². The van der Waals surface area contributed by atoms with Crippen molar-refractivity contribution in [3.63, 3.8) is 0 Å². The Kier molecular flexibility index (Phi) is 2.55. The van der Waals surface area contributed by atoms with Crippen LogP contribution in [-0.4, -0.2) is 19.1 Å². The molecule has 0 saturated heterocycles. The minimum Gasteiger partial charge on any atom is -0.329 e. The van der Waals surface area contributed by atoms with Crippen molar-refractivity contribution in [2.24, 2.45) is 17.1 Å². The van der Waals surface area contributed by atoms with E-state index in [0.29, 0.717) is 11.5 Å². The minimum absolute atomic E-state index is 0.478. The smallest absolute Gasteiger partial charge is 0.0162 e. The molecule has 0 aliphatic heterocycles. The summed E-state index contributed by atoms with van der Waals surface area (Å²) in [4.78, 5) is 0. The Labute approximate surface area is 69.5 Å². The molecular weight excluding hydrogens is 136 g/mol. The zero-order valence-electron chi connectivity index (χ0n) is 7.85. The molecule has 2 atom stereocenters. The summed E-state index contributed by atoms with van der Waals surface area (Å²) in [5, 5.41) is 3.42. The summed E-state index contributed by atoms with van der Waals surface area (Å²) in [7, 11) is 0. The molecule has 1 aliphatic carbocycles. The van der Waals surface area contributed by atoms with Crippen molar-refractivity contribution >= 4 is 0 Å². The molecular formula is C9H20N2. The lowest BCUT2D eigenvalue weighted by atomic mass is 10.1. The Morgan fingerprint density at radius 3 is 2.55 bits per heavy atom. The van der Waals surface area contributed by atoms with Gasteiger partial charge in [0.25, 0.3) is 0 Å². The largest absolute Gasteiger partial charge is 0.329 e. The molecule has 0 aromatic carbocycles. The lowest BCUT2D eigenvalue weighted by Gasteiger charge is -2.11. The first kappa shape index (κ1) is 9.01. The Balaban J connectivity index is 2.06. The van der Waals surface area contributed by atoms with E-state index in [0.717, 1.165) is 19.0 Å². The maximum absolute atomic E-state index is 5.48. The molecule has 0 aromatic rings. The molecule has 1 fully saturated rings. The van der Waals surface area contributed by atoms with Gasteiger partial charge < -0.3 is 11.1 Å². The average molecular weight is 156 g/mol. The first-order valence-electron chi connectivity index (χ1n) is 4.49. The van der Waals surface area contributed by atoms with E-state index in [-0.39, 0.29) is 0 Å². The van der Waals surface area contributed by atoms with Crippen molar-refractivity contribution in [1.82, 2.24) is 5.32 Å². The number of hydrogen-bond donors (Lipinski definition) is 2. The van der Waals surface area contributed by atoms with Crippen LogP contribution in [0, 0.1) is 11.3 Å². The van der Waals surface area contributed by atoms with Crippen LogP contribution in [0.25, 0.3) is 0 Å². The number of nitrogens with two attached hydrogens (primary N) is 1. The third-order valence-corrected chi connectivity index (χ3v) is 2.78. The van der Waals surface area contributed by atoms with Gasteiger partial charge >= 0.3 is 0 Å². The van der Waals surface area contributed by atoms with Crippen LogP contribution in [0.4, 0.5) is 0 Å². The second-order valence-electron chi connectivity index (χ2n) is 4.43. The van der Waals surface area contributed by atoms with Crippen LogP contribution in [0.1, 0.15) is 27.2 Å². The van der Waals surface area contributed by atoms with Crippen molar-refractivity contribution in [2.45, 2.75) is 33.2 Å². The highest BCUT2D eigenvalue weighted by atomic mass is 14.9. The van der Waals surface area contributed by atoms with E-state index in [9.17, 15) is 0 Å². The Bertz CT molecular complexity index is 132. The molecule has 2 nitrogen and oxygen atoms in total. The molecule has 0 aromatic heterocycles. The summed E-state index contributed by atoms with van der Waals surface area (Å²) < 4.78 is 0. The summed E-state index contributed by atoms with van der Waals surface area (Å²) in [5.74, 6) is 0.886. The standard InChI is InChI=1S/C9H20N2/c1-7(5-10)11-6-8-4-9(8,2)3/h7-8,11H,4-6,10H2,1-3H3/t7-,8?/m0/s1. The van der Waals surface area contributed by atoms with Crippen molar-refractivity contribution in [3.8, 4) is 0 Å². The lowest BCUT2D eigenvalue weighted by Crippen LogP contribution is -2.34. The van der Waals surface area contributed by atoms with Crippen LogP contribution in [0.15, 0.2) is 0 Å². The molecule has 1 rings (SSSR count). The fraction of sp³-hybridized carbons (Fsp3) is 1.00. The van der Waals surface area contributed by atoms with Gasteiger partial charge in [-0.3, -0.25) is 0 Å². The van der Waals surface area contributed by atoms with Crippen LogP contribution in [0.3, 0.4) is 0 Å². The van der Waals surface area contributed by atoms with E-state index in [4.69, 9.17) is 5.73 Å². The van der Waals surface area contributed by atoms with Crippen LogP contribution < -0.4 is 11.1 Å². The first-order valence-corrected chi connectivity index (χ1v) is 4.49. The van der Waals surface area contributed by atoms with E-state index in [1.807, 2.05) is 0 Å². The summed E-state index contributed by atoms with van der Waals surface area (Å²) in [6.45, 7) is 8.67. The van der Waals surface area contributed by atoms with Gasteiger partial charge in [-0.25, -0.2) is 0 Å². The zero-order valence-corrected chi connectivity index (χ0v) is 7.85. The molecule has 0 radical (unpaired) electrons. The summed E-state index contributed by atoms with van der Waals surface area (Å²) in [6, 6.07) is 0.478. The van der Waals surface area contributed by atoms with Crippen LogP contribution >= 0.6 is 0 Å². The second kappa shape index (κ2) is 3.11. The number of nitrogens with one attached hydrogen (secondary N) is 1. The normalized spacial score (nSPS) is 30.0. The Hall–Kier alpha value is -0.0800. The molecule has 0 bridgehead atoms. The van der Waals surface area contributed by atoms with Crippen molar-refractivity contribution in [2.75, 3.05) is 13.1 Å². The summed E-state index contributed by atoms with van der Waals surface area (Å²) >= 11 is 0. The number of hydrogen-bond acceptors (Lipinski definition) is 2. The van der Waals surface area contributed by atoms with Gasteiger partial charge in [0.2, 0.25) is 0 Å². The maximum Gasteiger partial charge on any atom is 0.0162 e. The van der Waals surface area contributed by atoms with Crippen LogP contribution in [-0.2, 0) is 0 Å². The third kappa shape index (κ3) is 2.46. The van der Waals surface area contributed by atoms with E-state index < -0.39 is 0 Å². The van der Waals surface area contributed by atoms with Crippen molar-refractivity contribution in [1.29, 1.82) is 0 Å². The minimum atomic E-state index is 0.478. The van der Waals surface area contributed by atoms with Crippen LogP contribution in [0.2, 0.25) is 0 Å². The van der Waals surface area contributed by atoms with E-state index in [1.54, 1.807) is 0 Å². The van der Waals surface area contributed by atoms with Crippen molar-refractivity contribution in [3.05, 3.63) is 0 Å². The molecule has 66 valence electrons. The Morgan fingerprint density at radius 1 is 1.64 bits per heavy atom. The topological polar surface area (TPSA) is 38.0 Å². The molecule has 1 saturated carbocycles. The highest BCUT2D eigenvalue weighted by Gasteiger charge is 2.44. The van der Waals surface area contributed by atoms with Gasteiger partial charge in [0, 0.05) is 12.6 Å².